The van der Waals surface area contributed by atoms with E-state index >= 15 is 0 Å². The van der Waals surface area contributed by atoms with Crippen molar-refractivity contribution in [1.82, 2.24) is 25.0 Å². The molecule has 1 atom stereocenters. The number of hydrogen-bond donors (Lipinski definition) is 1. The van der Waals surface area contributed by atoms with Crippen LogP contribution in [0.2, 0.25) is 0 Å². The summed E-state index contributed by atoms with van der Waals surface area (Å²) in [6.07, 6.45) is 0.929. The van der Waals surface area contributed by atoms with Crippen molar-refractivity contribution in [3.63, 3.8) is 0 Å². The molecule has 1 unspecified atom stereocenters. The zero-order valence-corrected chi connectivity index (χ0v) is 15.2. The second-order valence-corrected chi connectivity index (χ2v) is 6.21. The molecule has 0 saturated carbocycles. The lowest BCUT2D eigenvalue weighted by Gasteiger charge is -2.34. The third kappa shape index (κ3) is 3.40. The highest BCUT2D eigenvalue weighted by molar-refractivity contribution is 5.88. The maximum absolute atomic E-state index is 12.8. The van der Waals surface area contributed by atoms with E-state index in [1.165, 1.54) is 0 Å². The van der Waals surface area contributed by atoms with Gasteiger partial charge in [-0.05, 0) is 31.0 Å². The van der Waals surface area contributed by atoms with Crippen molar-refractivity contribution in [2.75, 3.05) is 20.7 Å². The lowest BCUT2D eigenvalue weighted by Crippen LogP contribution is -2.48. The van der Waals surface area contributed by atoms with Crippen molar-refractivity contribution < 1.29 is 14.3 Å². The number of nitrogens with one attached hydrogen (secondary N) is 1. The SMILES string of the molecule is CNC(=O)C1c2nnc(C)n2CCN1C(=O)CCc1ccc(OC)cc1. The van der Waals surface area contributed by atoms with Crippen LogP contribution in [0.4, 0.5) is 0 Å². The minimum atomic E-state index is -0.738. The summed E-state index contributed by atoms with van der Waals surface area (Å²) in [5, 5.41) is 10.8. The van der Waals surface area contributed by atoms with Crippen molar-refractivity contribution in [3.8, 4) is 5.75 Å². The van der Waals surface area contributed by atoms with Crippen molar-refractivity contribution in [3.05, 3.63) is 41.5 Å². The first-order valence-corrected chi connectivity index (χ1v) is 8.59. The van der Waals surface area contributed by atoms with E-state index in [-0.39, 0.29) is 11.8 Å². The number of hydrogen-bond acceptors (Lipinski definition) is 5. The third-order valence-corrected chi connectivity index (χ3v) is 4.69. The molecule has 1 aromatic carbocycles. The van der Waals surface area contributed by atoms with Gasteiger partial charge in [0.15, 0.2) is 11.9 Å². The Morgan fingerprint density at radius 1 is 1.23 bits per heavy atom. The second-order valence-electron chi connectivity index (χ2n) is 6.21. The standard InChI is InChI=1S/C18H23N5O3/c1-12-20-21-17-16(18(25)19-2)23(11-10-22(12)17)15(24)9-6-13-4-7-14(26-3)8-5-13/h4-5,7-8,16H,6,9-11H2,1-3H3,(H,19,25). The largest absolute Gasteiger partial charge is 0.497 e. The number of fused-ring (bicyclic) bond motifs is 1. The van der Waals surface area contributed by atoms with Gasteiger partial charge >= 0.3 is 0 Å². The molecular weight excluding hydrogens is 334 g/mol. The van der Waals surface area contributed by atoms with E-state index in [1.54, 1.807) is 19.1 Å². The molecule has 138 valence electrons. The quantitative estimate of drug-likeness (QED) is 0.857. The number of likely N-dealkylation sites (N-methyl/N-ethyl adjacent to an activating group) is 1. The first-order valence-electron chi connectivity index (χ1n) is 8.59. The van der Waals surface area contributed by atoms with Crippen LogP contribution in [0.15, 0.2) is 24.3 Å². The second kappa shape index (κ2) is 7.55. The van der Waals surface area contributed by atoms with Gasteiger partial charge in [0.1, 0.15) is 11.6 Å². The molecule has 26 heavy (non-hydrogen) atoms. The third-order valence-electron chi connectivity index (χ3n) is 4.69. The summed E-state index contributed by atoms with van der Waals surface area (Å²) in [5.74, 6) is 1.73. The zero-order chi connectivity index (χ0) is 18.7. The van der Waals surface area contributed by atoms with Crippen LogP contribution in [0.3, 0.4) is 0 Å². The monoisotopic (exact) mass is 357 g/mol. The molecule has 1 aliphatic heterocycles. The van der Waals surface area contributed by atoms with Crippen molar-refractivity contribution >= 4 is 11.8 Å². The molecule has 0 radical (unpaired) electrons. The molecule has 3 rings (SSSR count). The van der Waals surface area contributed by atoms with E-state index in [1.807, 2.05) is 35.8 Å². The zero-order valence-electron chi connectivity index (χ0n) is 15.2. The highest BCUT2D eigenvalue weighted by Crippen LogP contribution is 2.26. The molecule has 0 bridgehead atoms. The van der Waals surface area contributed by atoms with Crippen LogP contribution < -0.4 is 10.1 Å². The van der Waals surface area contributed by atoms with Gasteiger partial charge in [0.2, 0.25) is 5.91 Å². The van der Waals surface area contributed by atoms with Gasteiger partial charge in [-0.1, -0.05) is 12.1 Å². The van der Waals surface area contributed by atoms with Crippen LogP contribution in [-0.2, 0) is 22.6 Å². The molecule has 2 heterocycles. The molecule has 2 amide bonds. The molecule has 0 saturated heterocycles. The summed E-state index contributed by atoms with van der Waals surface area (Å²) in [7, 11) is 3.18. The summed E-state index contributed by atoms with van der Waals surface area (Å²) in [4.78, 5) is 26.8. The van der Waals surface area contributed by atoms with Gasteiger partial charge < -0.3 is 19.5 Å². The number of carbonyl (C=O) groups excluding carboxylic acids is 2. The van der Waals surface area contributed by atoms with E-state index in [0.717, 1.165) is 17.1 Å². The Morgan fingerprint density at radius 3 is 2.62 bits per heavy atom. The first-order chi connectivity index (χ1) is 12.5. The fourth-order valence-electron chi connectivity index (χ4n) is 3.20. The van der Waals surface area contributed by atoms with Crippen LogP contribution in [-0.4, -0.2) is 52.2 Å². The number of aryl methyl sites for hydroxylation is 2. The van der Waals surface area contributed by atoms with Gasteiger partial charge in [0.05, 0.1) is 7.11 Å². The highest BCUT2D eigenvalue weighted by atomic mass is 16.5. The Bertz CT molecular complexity index is 800. The fraction of sp³-hybridized carbons (Fsp3) is 0.444. The van der Waals surface area contributed by atoms with E-state index in [9.17, 15) is 9.59 Å². The van der Waals surface area contributed by atoms with Crippen molar-refractivity contribution in [1.29, 1.82) is 0 Å². The number of carbonyl (C=O) groups is 2. The maximum Gasteiger partial charge on any atom is 0.250 e. The number of methoxy groups -OCH3 is 1. The summed E-state index contributed by atoms with van der Waals surface area (Å²) in [6.45, 7) is 2.90. The van der Waals surface area contributed by atoms with Crippen molar-refractivity contribution in [2.45, 2.75) is 32.4 Å². The maximum atomic E-state index is 12.8. The summed E-state index contributed by atoms with van der Waals surface area (Å²) < 4.78 is 7.04. The van der Waals surface area contributed by atoms with Crippen LogP contribution >= 0.6 is 0 Å². The number of nitrogens with zero attached hydrogens (tertiary/aromatic N) is 4. The van der Waals surface area contributed by atoms with Crippen LogP contribution in [0.5, 0.6) is 5.75 Å². The molecule has 0 aliphatic carbocycles. The predicted octanol–water partition coefficient (Wildman–Crippen LogP) is 0.857. The Balaban J connectivity index is 1.73. The molecule has 1 aliphatic rings. The summed E-state index contributed by atoms with van der Waals surface area (Å²) >= 11 is 0. The topological polar surface area (TPSA) is 89.4 Å². The minimum absolute atomic E-state index is 0.0682. The Labute approximate surface area is 152 Å². The Kier molecular flexibility index (Phi) is 5.20. The number of amides is 2. The fourth-order valence-corrected chi connectivity index (χ4v) is 3.20. The van der Waals surface area contributed by atoms with E-state index in [2.05, 4.69) is 15.5 Å². The van der Waals surface area contributed by atoms with E-state index < -0.39 is 6.04 Å². The predicted molar refractivity (Wildman–Crippen MR) is 94.6 cm³/mol. The molecule has 0 fully saturated rings. The first kappa shape index (κ1) is 17.9. The molecule has 1 N–H and O–H groups in total. The average Bonchev–Trinajstić information content (AvgIpc) is 3.06. The average molecular weight is 357 g/mol. The molecule has 1 aromatic heterocycles. The smallest absolute Gasteiger partial charge is 0.250 e. The number of ether oxygens (including phenoxy) is 1. The molecule has 8 nitrogen and oxygen atoms in total. The lowest BCUT2D eigenvalue weighted by atomic mass is 10.1. The van der Waals surface area contributed by atoms with Crippen molar-refractivity contribution in [2.24, 2.45) is 0 Å². The molecule has 2 aromatic rings. The van der Waals surface area contributed by atoms with Gasteiger partial charge in [-0.15, -0.1) is 10.2 Å². The molecular formula is C18H23N5O3. The van der Waals surface area contributed by atoms with Crippen LogP contribution in [0.25, 0.3) is 0 Å². The van der Waals surface area contributed by atoms with Gasteiger partial charge in [-0.25, -0.2) is 0 Å². The molecule has 0 spiro atoms. The summed E-state index contributed by atoms with van der Waals surface area (Å²) in [6, 6.07) is 6.90. The lowest BCUT2D eigenvalue weighted by molar-refractivity contribution is -0.142. The van der Waals surface area contributed by atoms with E-state index in [0.29, 0.717) is 31.8 Å². The van der Waals surface area contributed by atoms with Gasteiger partial charge in [-0.3, -0.25) is 9.59 Å². The number of benzene rings is 1. The highest BCUT2D eigenvalue weighted by Gasteiger charge is 2.38. The number of rotatable bonds is 5. The van der Waals surface area contributed by atoms with Gasteiger partial charge in [-0.2, -0.15) is 0 Å². The van der Waals surface area contributed by atoms with Gasteiger partial charge in [0.25, 0.3) is 5.91 Å². The normalized spacial score (nSPS) is 16.1. The Hall–Kier alpha value is -2.90. The van der Waals surface area contributed by atoms with Crippen LogP contribution in [0.1, 0.15) is 29.7 Å². The summed E-state index contributed by atoms with van der Waals surface area (Å²) in [5.41, 5.74) is 1.05. The molecule has 8 heteroatoms. The number of aromatic nitrogens is 3. The minimum Gasteiger partial charge on any atom is -0.497 e. The van der Waals surface area contributed by atoms with E-state index in [4.69, 9.17) is 4.74 Å². The van der Waals surface area contributed by atoms with Gasteiger partial charge in [0, 0.05) is 26.6 Å². The Morgan fingerprint density at radius 2 is 1.96 bits per heavy atom. The van der Waals surface area contributed by atoms with Crippen LogP contribution in [0, 0.1) is 6.92 Å².